The molecule has 1 aromatic heterocycles. The predicted octanol–water partition coefficient (Wildman–Crippen LogP) is 2.52. The zero-order valence-corrected chi connectivity index (χ0v) is 13.7. The number of hydrogen-bond donors (Lipinski definition) is 1. The molecule has 6 heteroatoms. The van der Waals surface area contributed by atoms with E-state index in [-0.39, 0.29) is 12.0 Å². The summed E-state index contributed by atoms with van der Waals surface area (Å²) in [6, 6.07) is 11.9. The fraction of sp³-hybridized carbons (Fsp3) is 0.278. The van der Waals surface area contributed by atoms with Gasteiger partial charge in [0.1, 0.15) is 11.9 Å². The van der Waals surface area contributed by atoms with Crippen LogP contribution in [0.4, 0.5) is 10.6 Å². The van der Waals surface area contributed by atoms with E-state index >= 15 is 0 Å². The number of hydrogen-bond acceptors (Lipinski definition) is 4. The van der Waals surface area contributed by atoms with Crippen LogP contribution in [-0.4, -0.2) is 36.2 Å². The molecule has 0 spiro atoms. The van der Waals surface area contributed by atoms with Gasteiger partial charge in [0, 0.05) is 18.7 Å². The van der Waals surface area contributed by atoms with Crippen molar-refractivity contribution in [2.75, 3.05) is 18.0 Å². The highest BCUT2D eigenvalue weighted by Gasteiger charge is 2.33. The molecule has 1 atom stereocenters. The minimum Gasteiger partial charge on any atom is -0.442 e. The first kappa shape index (κ1) is 16.0. The van der Waals surface area contributed by atoms with Gasteiger partial charge in [-0.2, -0.15) is 0 Å². The number of anilines is 1. The lowest BCUT2D eigenvalue weighted by molar-refractivity contribution is -0.119. The molecular weight excluding hydrogens is 306 g/mol. The van der Waals surface area contributed by atoms with Gasteiger partial charge in [0.25, 0.3) is 0 Å². The topological polar surface area (TPSA) is 71.5 Å². The average molecular weight is 325 g/mol. The van der Waals surface area contributed by atoms with Crippen LogP contribution < -0.4 is 10.2 Å². The second-order valence-electron chi connectivity index (χ2n) is 5.82. The highest BCUT2D eigenvalue weighted by atomic mass is 16.6. The van der Waals surface area contributed by atoms with Crippen LogP contribution in [-0.2, 0) is 9.53 Å². The molecule has 0 saturated carbocycles. The summed E-state index contributed by atoms with van der Waals surface area (Å²) < 4.78 is 5.24. The summed E-state index contributed by atoms with van der Waals surface area (Å²) in [5.41, 5.74) is 3.27. The summed E-state index contributed by atoms with van der Waals surface area (Å²) in [6.07, 6.45) is 0.940. The zero-order chi connectivity index (χ0) is 17.1. The molecule has 1 aliphatic rings. The lowest BCUT2D eigenvalue weighted by atomic mass is 10.1. The van der Waals surface area contributed by atoms with Crippen molar-refractivity contribution in [1.29, 1.82) is 0 Å². The molecule has 3 rings (SSSR count). The number of nitrogens with zero attached hydrogens (tertiary/aromatic N) is 2. The Kier molecular flexibility index (Phi) is 4.46. The smallest absolute Gasteiger partial charge is 0.416 e. The summed E-state index contributed by atoms with van der Waals surface area (Å²) in [6.45, 7) is 4.15. The van der Waals surface area contributed by atoms with Gasteiger partial charge in [0.05, 0.1) is 13.1 Å². The van der Waals surface area contributed by atoms with Crippen LogP contribution in [0.3, 0.4) is 0 Å². The Balaban J connectivity index is 1.70. The summed E-state index contributed by atoms with van der Waals surface area (Å²) in [5, 5.41) is 2.65. The minimum absolute atomic E-state index is 0.148. The van der Waals surface area contributed by atoms with Crippen molar-refractivity contribution in [2.24, 2.45) is 0 Å². The van der Waals surface area contributed by atoms with Crippen LogP contribution in [0.25, 0.3) is 11.1 Å². The van der Waals surface area contributed by atoms with Gasteiger partial charge >= 0.3 is 6.09 Å². The number of rotatable bonds is 4. The summed E-state index contributed by atoms with van der Waals surface area (Å²) >= 11 is 0. The van der Waals surface area contributed by atoms with Crippen LogP contribution in [0.5, 0.6) is 0 Å². The van der Waals surface area contributed by atoms with Crippen molar-refractivity contribution in [3.8, 4) is 11.1 Å². The van der Waals surface area contributed by atoms with Crippen LogP contribution in [0.15, 0.2) is 42.6 Å². The second-order valence-corrected chi connectivity index (χ2v) is 5.82. The maximum Gasteiger partial charge on any atom is 0.416 e. The first-order valence-electron chi connectivity index (χ1n) is 7.78. The maximum absolute atomic E-state index is 12.0. The first-order chi connectivity index (χ1) is 11.5. The maximum atomic E-state index is 12.0. The summed E-state index contributed by atoms with van der Waals surface area (Å²) in [4.78, 5) is 28.8. The number of cyclic esters (lactones) is 1. The average Bonchev–Trinajstić information content (AvgIpc) is 2.95. The normalized spacial score (nSPS) is 16.8. The standard InChI is InChI=1S/C18H19N3O3/c1-12-3-5-14(6-4-12)15-7-8-17(20-9-15)21-11-16(24-18(21)23)10-19-13(2)22/h3-9,16H,10-11H2,1-2H3,(H,19,22)/t16-/m0/s1. The van der Waals surface area contributed by atoms with Crippen molar-refractivity contribution in [3.05, 3.63) is 48.2 Å². The number of ether oxygens (including phenoxy) is 1. The summed E-state index contributed by atoms with van der Waals surface area (Å²) in [7, 11) is 0. The Morgan fingerprint density at radius 2 is 1.96 bits per heavy atom. The van der Waals surface area contributed by atoms with E-state index in [0.29, 0.717) is 18.9 Å². The second kappa shape index (κ2) is 6.70. The monoisotopic (exact) mass is 325 g/mol. The highest BCUT2D eigenvalue weighted by molar-refractivity contribution is 5.88. The number of benzene rings is 1. The van der Waals surface area contributed by atoms with Gasteiger partial charge in [-0.25, -0.2) is 9.78 Å². The number of pyridine rings is 1. The van der Waals surface area contributed by atoms with Crippen molar-refractivity contribution >= 4 is 17.8 Å². The number of nitrogens with one attached hydrogen (secondary N) is 1. The quantitative estimate of drug-likeness (QED) is 0.937. The molecule has 1 aromatic carbocycles. The number of aryl methyl sites for hydroxylation is 1. The third-order valence-corrected chi connectivity index (χ3v) is 3.86. The Hall–Kier alpha value is -2.89. The van der Waals surface area contributed by atoms with E-state index in [2.05, 4.69) is 10.3 Å². The van der Waals surface area contributed by atoms with Crippen molar-refractivity contribution in [1.82, 2.24) is 10.3 Å². The number of aromatic nitrogens is 1. The van der Waals surface area contributed by atoms with E-state index in [1.807, 2.05) is 37.3 Å². The predicted molar refractivity (Wildman–Crippen MR) is 90.7 cm³/mol. The molecular formula is C18H19N3O3. The van der Waals surface area contributed by atoms with Crippen LogP contribution in [0.1, 0.15) is 12.5 Å². The van der Waals surface area contributed by atoms with Crippen molar-refractivity contribution in [3.63, 3.8) is 0 Å². The van der Waals surface area contributed by atoms with Gasteiger partial charge in [-0.3, -0.25) is 9.69 Å². The molecule has 2 amide bonds. The first-order valence-corrected chi connectivity index (χ1v) is 7.78. The molecule has 1 fully saturated rings. The lowest BCUT2D eigenvalue weighted by Crippen LogP contribution is -2.33. The lowest BCUT2D eigenvalue weighted by Gasteiger charge is -2.12. The number of carbonyl (C=O) groups excluding carboxylic acids is 2. The van der Waals surface area contributed by atoms with Crippen LogP contribution in [0, 0.1) is 6.92 Å². The fourth-order valence-electron chi connectivity index (χ4n) is 2.53. The number of amides is 2. The van der Waals surface area contributed by atoms with E-state index in [0.717, 1.165) is 11.1 Å². The van der Waals surface area contributed by atoms with Gasteiger partial charge in [0.15, 0.2) is 0 Å². The molecule has 2 aromatic rings. The summed E-state index contributed by atoms with van der Waals surface area (Å²) in [5.74, 6) is 0.395. The molecule has 1 N–H and O–H groups in total. The van der Waals surface area contributed by atoms with Crippen LogP contribution in [0.2, 0.25) is 0 Å². The van der Waals surface area contributed by atoms with E-state index in [4.69, 9.17) is 4.74 Å². The molecule has 0 aliphatic carbocycles. The van der Waals surface area contributed by atoms with Gasteiger partial charge in [-0.15, -0.1) is 0 Å². The van der Waals surface area contributed by atoms with Gasteiger partial charge in [0.2, 0.25) is 5.91 Å². The third kappa shape index (κ3) is 3.53. The van der Waals surface area contributed by atoms with E-state index in [1.165, 1.54) is 17.4 Å². The molecule has 0 unspecified atom stereocenters. The van der Waals surface area contributed by atoms with E-state index in [1.54, 1.807) is 12.3 Å². The highest BCUT2D eigenvalue weighted by Crippen LogP contribution is 2.24. The molecule has 0 bridgehead atoms. The Morgan fingerprint density at radius 3 is 2.58 bits per heavy atom. The largest absolute Gasteiger partial charge is 0.442 e. The molecule has 124 valence electrons. The van der Waals surface area contributed by atoms with Crippen molar-refractivity contribution in [2.45, 2.75) is 20.0 Å². The number of carbonyl (C=O) groups is 2. The minimum atomic E-state index is -0.444. The third-order valence-electron chi connectivity index (χ3n) is 3.86. The van der Waals surface area contributed by atoms with Crippen molar-refractivity contribution < 1.29 is 14.3 Å². The van der Waals surface area contributed by atoms with E-state index in [9.17, 15) is 9.59 Å². The fourth-order valence-corrected chi connectivity index (χ4v) is 2.53. The zero-order valence-electron chi connectivity index (χ0n) is 13.7. The Morgan fingerprint density at radius 1 is 1.25 bits per heavy atom. The van der Waals surface area contributed by atoms with Gasteiger partial charge in [-0.1, -0.05) is 29.8 Å². The Bertz CT molecular complexity index is 741. The molecule has 2 heterocycles. The SMILES string of the molecule is CC(=O)NC[C@H]1CN(c2ccc(-c3ccc(C)cc3)cn2)C(=O)O1. The molecule has 0 radical (unpaired) electrons. The van der Waals surface area contributed by atoms with Crippen LogP contribution >= 0.6 is 0 Å². The van der Waals surface area contributed by atoms with E-state index < -0.39 is 6.09 Å². The molecule has 24 heavy (non-hydrogen) atoms. The Labute approximate surface area is 140 Å². The molecule has 1 saturated heterocycles. The molecule has 6 nitrogen and oxygen atoms in total. The van der Waals surface area contributed by atoms with Gasteiger partial charge in [-0.05, 0) is 24.6 Å². The molecule has 1 aliphatic heterocycles. The van der Waals surface area contributed by atoms with Gasteiger partial charge < -0.3 is 10.1 Å².